The molecule has 0 amide bonds. The maximum Gasteiger partial charge on any atom is 0.500 e. The molecule has 2 N–H and O–H groups in total. The predicted molar refractivity (Wildman–Crippen MR) is 175 cm³/mol. The van der Waals surface area contributed by atoms with Crippen LogP contribution in [0.25, 0.3) is 0 Å². The molecule has 0 saturated heterocycles. The van der Waals surface area contributed by atoms with Gasteiger partial charge in [-0.25, -0.2) is 0 Å². The Bertz CT molecular complexity index is 1020. The summed E-state index contributed by atoms with van der Waals surface area (Å²) in [4.78, 5) is 8.71. The summed E-state index contributed by atoms with van der Waals surface area (Å²) in [6, 6.07) is 16.0. The van der Waals surface area contributed by atoms with Crippen LogP contribution < -0.4 is 0 Å². The number of aliphatic imine (C=N–C) groups is 2. The van der Waals surface area contributed by atoms with Crippen molar-refractivity contribution in [2.45, 2.75) is 66.1 Å². The summed E-state index contributed by atoms with van der Waals surface area (Å²) in [5.41, 5.74) is 1.48. The van der Waals surface area contributed by atoms with Gasteiger partial charge >= 0.3 is 17.4 Å². The second-order valence-corrected chi connectivity index (χ2v) is 15.5. The van der Waals surface area contributed by atoms with Crippen molar-refractivity contribution in [3.63, 3.8) is 0 Å². The molecule has 12 heteroatoms. The van der Waals surface area contributed by atoms with Gasteiger partial charge in [0.1, 0.15) is 11.5 Å². The van der Waals surface area contributed by atoms with Gasteiger partial charge in [-0.1, -0.05) is 24.3 Å². The largest absolute Gasteiger partial charge is 0.507 e. The Morgan fingerprint density at radius 2 is 0.977 bits per heavy atom. The Kier molecular flexibility index (Phi) is 23.4. The normalized spacial score (nSPS) is 11.9. The van der Waals surface area contributed by atoms with Gasteiger partial charge in [0.25, 0.3) is 0 Å². The number of phenolic OH excluding ortho intramolecular Hbond substituents is 2. The van der Waals surface area contributed by atoms with Crippen LogP contribution >= 0.6 is 0 Å². The molecule has 242 valence electrons. The SMILES string of the molecule is CCO[Si](C)(CCCN=Cc1ccccc1O)OCC.CCO[Si](CCCN=Cc1ccccc1O)(OCC)OCC.[Cr]. The van der Waals surface area contributed by atoms with Crippen LogP contribution in [0.4, 0.5) is 0 Å². The summed E-state index contributed by atoms with van der Waals surface area (Å²) >= 11 is 0. The first-order valence-electron chi connectivity index (χ1n) is 15.0. The van der Waals surface area contributed by atoms with Crippen LogP contribution in [0.1, 0.15) is 58.6 Å². The van der Waals surface area contributed by atoms with E-state index >= 15 is 0 Å². The van der Waals surface area contributed by atoms with Gasteiger partial charge in [0, 0.05) is 93.1 Å². The van der Waals surface area contributed by atoms with E-state index in [2.05, 4.69) is 16.5 Å². The summed E-state index contributed by atoms with van der Waals surface area (Å²) in [5.74, 6) is 0.506. The third-order valence-electron chi connectivity index (χ3n) is 6.01. The molecule has 0 atom stereocenters. The van der Waals surface area contributed by atoms with E-state index in [4.69, 9.17) is 22.1 Å². The van der Waals surface area contributed by atoms with Crippen molar-refractivity contribution in [3.05, 3.63) is 59.7 Å². The molecule has 0 heterocycles. The van der Waals surface area contributed by atoms with E-state index in [0.717, 1.165) is 42.6 Å². The van der Waals surface area contributed by atoms with Crippen LogP contribution in [0.3, 0.4) is 0 Å². The second-order valence-electron chi connectivity index (χ2n) is 9.38. The molecule has 0 unspecified atom stereocenters. The monoisotopic (exact) mass is 672 g/mol. The summed E-state index contributed by atoms with van der Waals surface area (Å²) < 4.78 is 28.9. The number of benzene rings is 2. The Morgan fingerprint density at radius 1 is 0.605 bits per heavy atom. The van der Waals surface area contributed by atoms with Gasteiger partial charge in [0.05, 0.1) is 0 Å². The molecule has 43 heavy (non-hydrogen) atoms. The molecule has 0 spiro atoms. The van der Waals surface area contributed by atoms with E-state index in [-0.39, 0.29) is 28.9 Å². The molecule has 0 aliphatic carbocycles. The van der Waals surface area contributed by atoms with Crippen LogP contribution in [-0.2, 0) is 39.5 Å². The molecular formula is C31H52CrN2O7Si2. The van der Waals surface area contributed by atoms with Crippen molar-refractivity contribution in [3.8, 4) is 11.5 Å². The first-order chi connectivity index (χ1) is 20.3. The third-order valence-corrected chi connectivity index (χ3v) is 12.2. The summed E-state index contributed by atoms with van der Waals surface area (Å²) in [7, 11) is -4.57. The van der Waals surface area contributed by atoms with Gasteiger partial charge in [-0.3, -0.25) is 9.98 Å². The summed E-state index contributed by atoms with van der Waals surface area (Å²) in [6.45, 7) is 16.5. The first-order valence-corrected chi connectivity index (χ1v) is 19.5. The van der Waals surface area contributed by atoms with Crippen molar-refractivity contribution in [1.29, 1.82) is 0 Å². The average Bonchev–Trinajstić information content (AvgIpc) is 2.96. The Hall–Kier alpha value is -1.85. The van der Waals surface area contributed by atoms with E-state index in [1.807, 2.05) is 58.9 Å². The van der Waals surface area contributed by atoms with Gasteiger partial charge in [-0.15, -0.1) is 0 Å². The Morgan fingerprint density at radius 3 is 1.35 bits per heavy atom. The van der Waals surface area contributed by atoms with Crippen molar-refractivity contribution in [1.82, 2.24) is 0 Å². The van der Waals surface area contributed by atoms with Crippen LogP contribution in [0, 0.1) is 0 Å². The molecule has 0 saturated carbocycles. The molecule has 9 nitrogen and oxygen atoms in total. The van der Waals surface area contributed by atoms with Crippen LogP contribution in [0.2, 0.25) is 18.6 Å². The quantitative estimate of drug-likeness (QED) is 0.0927. The minimum absolute atomic E-state index is 0. The Balaban J connectivity index is 0.000000805. The molecule has 0 fully saturated rings. The molecule has 0 aliphatic heterocycles. The van der Waals surface area contributed by atoms with Crippen molar-refractivity contribution < 1.29 is 49.7 Å². The van der Waals surface area contributed by atoms with Crippen molar-refractivity contribution >= 4 is 29.8 Å². The number of rotatable bonds is 20. The van der Waals surface area contributed by atoms with Crippen molar-refractivity contribution in [2.24, 2.45) is 9.98 Å². The standard InChI is InChI=1S/C16H27NO4Si.C15H25NO3Si.Cr/c1-4-19-22(20-5-2,21-6-3)13-9-12-17-14-15-10-7-8-11-16(15)18;1-4-18-20(3,19-5-2)12-8-11-16-13-14-9-6-7-10-15(14)17;/h7-8,10-11,14,18H,4-6,9,12-13H2,1-3H3;6-7,9-10,13,17H,4-5,8,11-12H2,1-3H3;. The van der Waals surface area contributed by atoms with E-state index in [9.17, 15) is 10.2 Å². The number of aromatic hydroxyl groups is 2. The molecule has 2 aromatic rings. The number of hydrogen-bond acceptors (Lipinski definition) is 9. The number of hydrogen-bond donors (Lipinski definition) is 2. The van der Waals surface area contributed by atoms with Crippen LogP contribution in [0.15, 0.2) is 58.5 Å². The van der Waals surface area contributed by atoms with E-state index in [1.54, 1.807) is 36.7 Å². The minimum atomic E-state index is -2.56. The molecule has 0 bridgehead atoms. The average molecular weight is 673 g/mol. The van der Waals surface area contributed by atoms with E-state index < -0.39 is 17.4 Å². The number of para-hydroxylation sites is 2. The maximum atomic E-state index is 9.66. The predicted octanol–water partition coefficient (Wildman–Crippen LogP) is 6.59. The fourth-order valence-electron chi connectivity index (χ4n) is 4.20. The third kappa shape index (κ3) is 17.3. The van der Waals surface area contributed by atoms with E-state index in [0.29, 0.717) is 39.6 Å². The smallest absolute Gasteiger partial charge is 0.500 e. The van der Waals surface area contributed by atoms with Gasteiger partial charge in [-0.2, -0.15) is 0 Å². The van der Waals surface area contributed by atoms with Crippen molar-refractivity contribution in [2.75, 3.05) is 46.1 Å². The molecule has 2 rings (SSSR count). The first kappa shape index (κ1) is 41.1. The minimum Gasteiger partial charge on any atom is -0.507 e. The molecule has 0 aromatic heterocycles. The summed E-state index contributed by atoms with van der Waals surface area (Å²) in [6.07, 6.45) is 5.18. The fourth-order valence-corrected chi connectivity index (χ4v) is 9.18. The molecule has 2 aromatic carbocycles. The zero-order valence-corrected chi connectivity index (χ0v) is 30.1. The van der Waals surface area contributed by atoms with Crippen LogP contribution in [-0.4, -0.2) is 86.1 Å². The van der Waals surface area contributed by atoms with Crippen LogP contribution in [0.5, 0.6) is 11.5 Å². The van der Waals surface area contributed by atoms with Gasteiger partial charge in [0.2, 0.25) is 0 Å². The van der Waals surface area contributed by atoms with Gasteiger partial charge in [0.15, 0.2) is 0 Å². The summed E-state index contributed by atoms with van der Waals surface area (Å²) in [5, 5.41) is 19.3. The van der Waals surface area contributed by atoms with Gasteiger partial charge in [-0.05, 0) is 84.3 Å². The fraction of sp³-hybridized carbons (Fsp3) is 0.548. The van der Waals surface area contributed by atoms with Gasteiger partial charge < -0.3 is 32.3 Å². The topological polar surface area (TPSA) is 111 Å². The van der Waals surface area contributed by atoms with E-state index in [1.165, 1.54) is 0 Å². The number of phenols is 2. The molecular weight excluding hydrogens is 621 g/mol. The Labute approximate surface area is 272 Å². The zero-order valence-electron chi connectivity index (χ0n) is 26.8. The molecule has 0 radical (unpaired) electrons. The second kappa shape index (κ2) is 24.5. The molecule has 0 aliphatic rings. The maximum absolute atomic E-state index is 9.66. The zero-order chi connectivity index (χ0) is 31.1. The number of nitrogens with zero attached hydrogens (tertiary/aromatic N) is 2.